The maximum atomic E-state index is 5.47. The predicted octanol–water partition coefficient (Wildman–Crippen LogP) is 2.07. The topological polar surface area (TPSA) is 12.5 Å². The average Bonchev–Trinajstić information content (AvgIpc) is 2.68. The van der Waals surface area contributed by atoms with Gasteiger partial charge in [-0.05, 0) is 12.0 Å². The summed E-state index contributed by atoms with van der Waals surface area (Å²) in [5.41, 5.74) is 1.38. The summed E-state index contributed by atoms with van der Waals surface area (Å²) in [5.74, 6) is 0. The second kappa shape index (κ2) is 5.10. The minimum Gasteiger partial charge on any atom is -0.364 e. The molecule has 0 bridgehead atoms. The van der Waals surface area contributed by atoms with E-state index in [9.17, 15) is 0 Å². The van der Waals surface area contributed by atoms with Gasteiger partial charge in [-0.2, -0.15) is 0 Å². The third-order valence-corrected chi connectivity index (χ3v) is 2.76. The minimum atomic E-state index is 0.505. The van der Waals surface area contributed by atoms with Crippen LogP contribution < -0.4 is 0 Å². The van der Waals surface area contributed by atoms with E-state index in [0.29, 0.717) is 6.04 Å². The first-order valence-electron chi connectivity index (χ1n) is 5.37. The van der Waals surface area contributed by atoms with Gasteiger partial charge in [0, 0.05) is 12.6 Å². The molecule has 2 heteroatoms. The highest BCUT2D eigenvalue weighted by molar-refractivity contribution is 5.16. The Morgan fingerprint density at radius 2 is 2.20 bits per heavy atom. The number of rotatable bonds is 4. The number of hydrogen-bond donors (Lipinski definition) is 0. The molecule has 0 spiro atoms. The zero-order chi connectivity index (χ0) is 10.5. The van der Waals surface area contributed by atoms with Gasteiger partial charge in [-0.25, -0.2) is 0 Å². The lowest BCUT2D eigenvalue weighted by molar-refractivity contribution is 0.146. The number of nitrogens with zero attached hydrogens (tertiary/aromatic N) is 1. The fourth-order valence-electron chi connectivity index (χ4n) is 1.96. The van der Waals surface area contributed by atoms with Crippen LogP contribution in [0.1, 0.15) is 5.56 Å². The maximum absolute atomic E-state index is 5.47. The summed E-state index contributed by atoms with van der Waals surface area (Å²) < 4.78 is 5.47. The number of benzene rings is 1. The van der Waals surface area contributed by atoms with Crippen molar-refractivity contribution in [3.05, 3.63) is 48.6 Å². The minimum absolute atomic E-state index is 0.505. The van der Waals surface area contributed by atoms with Gasteiger partial charge in [0.25, 0.3) is 0 Å². The molecule has 0 aliphatic carbocycles. The van der Waals surface area contributed by atoms with Gasteiger partial charge in [0.2, 0.25) is 0 Å². The van der Waals surface area contributed by atoms with Gasteiger partial charge < -0.3 is 4.74 Å². The van der Waals surface area contributed by atoms with E-state index in [1.165, 1.54) is 5.56 Å². The van der Waals surface area contributed by atoms with Gasteiger partial charge in [0.05, 0.1) is 13.3 Å². The first-order valence-corrected chi connectivity index (χ1v) is 5.37. The summed E-state index contributed by atoms with van der Waals surface area (Å²) in [6.45, 7) is 6.26. The molecule has 0 aromatic heterocycles. The van der Waals surface area contributed by atoms with Crippen LogP contribution in [0.5, 0.6) is 0 Å². The van der Waals surface area contributed by atoms with E-state index in [1.807, 2.05) is 6.08 Å². The summed E-state index contributed by atoms with van der Waals surface area (Å²) in [6.07, 6.45) is 3.00. The molecule has 0 saturated carbocycles. The highest BCUT2D eigenvalue weighted by atomic mass is 16.5. The van der Waals surface area contributed by atoms with Crippen LogP contribution in [0.3, 0.4) is 0 Å². The van der Waals surface area contributed by atoms with Gasteiger partial charge in [0.1, 0.15) is 0 Å². The Bertz CT molecular complexity index is 310. The molecule has 1 saturated heterocycles. The summed E-state index contributed by atoms with van der Waals surface area (Å²) in [7, 11) is 0. The Morgan fingerprint density at radius 3 is 2.93 bits per heavy atom. The first-order chi connectivity index (χ1) is 7.40. The van der Waals surface area contributed by atoms with Crippen LogP contribution in [-0.4, -0.2) is 30.8 Å². The second-order valence-electron chi connectivity index (χ2n) is 3.90. The van der Waals surface area contributed by atoms with E-state index in [2.05, 4.69) is 41.8 Å². The number of ether oxygens (including phenoxy) is 1. The van der Waals surface area contributed by atoms with Crippen LogP contribution in [0, 0.1) is 0 Å². The molecule has 2 rings (SSSR count). The lowest BCUT2D eigenvalue weighted by atomic mass is 10.1. The molecule has 1 fully saturated rings. The van der Waals surface area contributed by atoms with Gasteiger partial charge in [-0.3, -0.25) is 4.90 Å². The van der Waals surface area contributed by atoms with Crippen molar-refractivity contribution in [2.75, 3.05) is 19.9 Å². The first kappa shape index (κ1) is 10.4. The van der Waals surface area contributed by atoms with Gasteiger partial charge in [0.15, 0.2) is 0 Å². The van der Waals surface area contributed by atoms with Crippen molar-refractivity contribution < 1.29 is 4.74 Å². The molecule has 1 aromatic carbocycles. The largest absolute Gasteiger partial charge is 0.364 e. The van der Waals surface area contributed by atoms with Crippen LogP contribution in [-0.2, 0) is 11.2 Å². The maximum Gasteiger partial charge on any atom is 0.0997 e. The lowest BCUT2D eigenvalue weighted by Crippen LogP contribution is -2.32. The third kappa shape index (κ3) is 2.67. The summed E-state index contributed by atoms with van der Waals surface area (Å²) >= 11 is 0. The smallest absolute Gasteiger partial charge is 0.0997 e. The van der Waals surface area contributed by atoms with Crippen LogP contribution in [0.15, 0.2) is 43.0 Å². The molecular formula is C13H17NO. The van der Waals surface area contributed by atoms with E-state index >= 15 is 0 Å². The fourth-order valence-corrected chi connectivity index (χ4v) is 1.96. The molecule has 0 radical (unpaired) electrons. The lowest BCUT2D eigenvalue weighted by Gasteiger charge is -2.20. The summed E-state index contributed by atoms with van der Waals surface area (Å²) in [6, 6.07) is 11.1. The van der Waals surface area contributed by atoms with Crippen molar-refractivity contribution in [1.82, 2.24) is 4.90 Å². The highest BCUT2D eigenvalue weighted by Gasteiger charge is 2.23. The summed E-state index contributed by atoms with van der Waals surface area (Å²) in [5, 5.41) is 0. The Kier molecular flexibility index (Phi) is 3.54. The Labute approximate surface area is 91.2 Å². The fraction of sp³-hybridized carbons (Fsp3) is 0.385. The molecule has 80 valence electrons. The molecule has 2 nitrogen and oxygen atoms in total. The van der Waals surface area contributed by atoms with E-state index < -0.39 is 0 Å². The quantitative estimate of drug-likeness (QED) is 0.695. The SMILES string of the molecule is C=CCN1COC[C@H]1Cc1ccccc1. The molecule has 1 atom stereocenters. The average molecular weight is 203 g/mol. The van der Waals surface area contributed by atoms with Crippen LogP contribution in [0.25, 0.3) is 0 Å². The zero-order valence-corrected chi connectivity index (χ0v) is 8.93. The van der Waals surface area contributed by atoms with E-state index in [-0.39, 0.29) is 0 Å². The molecule has 0 N–H and O–H groups in total. The van der Waals surface area contributed by atoms with E-state index in [1.54, 1.807) is 0 Å². The predicted molar refractivity (Wildman–Crippen MR) is 61.7 cm³/mol. The Hall–Kier alpha value is -1.12. The van der Waals surface area contributed by atoms with Crippen molar-refractivity contribution >= 4 is 0 Å². The molecule has 0 amide bonds. The molecule has 15 heavy (non-hydrogen) atoms. The molecular weight excluding hydrogens is 186 g/mol. The van der Waals surface area contributed by atoms with Crippen LogP contribution in [0.2, 0.25) is 0 Å². The zero-order valence-electron chi connectivity index (χ0n) is 8.93. The van der Waals surface area contributed by atoms with Gasteiger partial charge in [-0.15, -0.1) is 6.58 Å². The monoisotopic (exact) mass is 203 g/mol. The van der Waals surface area contributed by atoms with Crippen molar-refractivity contribution in [2.24, 2.45) is 0 Å². The molecule has 1 aliphatic rings. The van der Waals surface area contributed by atoms with Crippen LogP contribution in [0.4, 0.5) is 0 Å². The Morgan fingerprint density at radius 1 is 1.40 bits per heavy atom. The van der Waals surface area contributed by atoms with Crippen molar-refractivity contribution in [3.63, 3.8) is 0 Å². The standard InChI is InChI=1S/C13H17NO/c1-2-8-14-11-15-10-13(14)9-12-6-4-3-5-7-12/h2-7,13H,1,8-11H2/t13-/m1/s1. The molecule has 1 aromatic rings. The van der Waals surface area contributed by atoms with Crippen molar-refractivity contribution in [2.45, 2.75) is 12.5 Å². The molecule has 0 unspecified atom stereocenters. The van der Waals surface area contributed by atoms with Crippen LogP contribution >= 0.6 is 0 Å². The highest BCUT2D eigenvalue weighted by Crippen LogP contribution is 2.14. The van der Waals surface area contributed by atoms with Crippen molar-refractivity contribution in [1.29, 1.82) is 0 Å². The third-order valence-electron chi connectivity index (χ3n) is 2.76. The summed E-state index contributed by atoms with van der Waals surface area (Å²) in [4.78, 5) is 2.32. The number of hydrogen-bond acceptors (Lipinski definition) is 2. The van der Waals surface area contributed by atoms with Crippen molar-refractivity contribution in [3.8, 4) is 0 Å². The molecule has 1 aliphatic heterocycles. The van der Waals surface area contributed by atoms with E-state index in [0.717, 1.165) is 26.3 Å². The van der Waals surface area contributed by atoms with Gasteiger partial charge >= 0.3 is 0 Å². The Balaban J connectivity index is 1.96. The molecule has 1 heterocycles. The second-order valence-corrected chi connectivity index (χ2v) is 3.90. The van der Waals surface area contributed by atoms with E-state index in [4.69, 9.17) is 4.74 Å². The normalized spacial score (nSPS) is 21.7. The van der Waals surface area contributed by atoms with Gasteiger partial charge in [-0.1, -0.05) is 36.4 Å².